The van der Waals surface area contributed by atoms with Gasteiger partial charge >= 0.3 is 0 Å². The van der Waals surface area contributed by atoms with Gasteiger partial charge < -0.3 is 5.32 Å². The van der Waals surface area contributed by atoms with Crippen molar-refractivity contribution in [2.24, 2.45) is 5.92 Å². The Morgan fingerprint density at radius 1 is 1.56 bits per heavy atom. The zero-order valence-corrected chi connectivity index (χ0v) is 11.1. The van der Waals surface area contributed by atoms with Crippen LogP contribution in [0.2, 0.25) is 5.02 Å². The van der Waals surface area contributed by atoms with E-state index in [2.05, 4.69) is 12.2 Å². The molecular formula is C13H17ClN2O2. The summed E-state index contributed by atoms with van der Waals surface area (Å²) in [6.07, 6.45) is 3.79. The number of rotatable bonds is 6. The fourth-order valence-corrected chi connectivity index (χ4v) is 2.29. The van der Waals surface area contributed by atoms with Gasteiger partial charge in [-0.15, -0.1) is 0 Å². The quantitative estimate of drug-likeness (QED) is 0.634. The van der Waals surface area contributed by atoms with Gasteiger partial charge in [0.25, 0.3) is 5.69 Å². The molecular weight excluding hydrogens is 252 g/mol. The van der Waals surface area contributed by atoms with Crippen LogP contribution in [0.15, 0.2) is 18.2 Å². The Bertz CT molecular complexity index is 447. The van der Waals surface area contributed by atoms with Crippen molar-refractivity contribution < 1.29 is 4.92 Å². The van der Waals surface area contributed by atoms with Crippen molar-refractivity contribution in [2.75, 3.05) is 0 Å². The number of hydrogen-bond donors (Lipinski definition) is 1. The molecule has 0 radical (unpaired) electrons. The van der Waals surface area contributed by atoms with Crippen molar-refractivity contribution in [3.8, 4) is 0 Å². The van der Waals surface area contributed by atoms with E-state index >= 15 is 0 Å². The van der Waals surface area contributed by atoms with Crippen LogP contribution in [0.1, 0.15) is 31.7 Å². The van der Waals surface area contributed by atoms with E-state index in [1.165, 1.54) is 18.9 Å². The molecule has 98 valence electrons. The molecule has 18 heavy (non-hydrogen) atoms. The van der Waals surface area contributed by atoms with Gasteiger partial charge in [-0.1, -0.05) is 24.4 Å². The van der Waals surface area contributed by atoms with Crippen LogP contribution in [0.4, 0.5) is 5.69 Å². The third kappa shape index (κ3) is 3.68. The van der Waals surface area contributed by atoms with Gasteiger partial charge in [0.05, 0.1) is 4.92 Å². The first-order chi connectivity index (χ1) is 8.56. The summed E-state index contributed by atoms with van der Waals surface area (Å²) in [5.74, 6) is 0.849. The Labute approximate surface area is 111 Å². The molecule has 1 atom stereocenters. The van der Waals surface area contributed by atoms with Gasteiger partial charge in [-0.05, 0) is 31.4 Å². The van der Waals surface area contributed by atoms with E-state index in [0.717, 1.165) is 12.3 Å². The molecule has 1 aromatic carbocycles. The zero-order valence-electron chi connectivity index (χ0n) is 10.4. The van der Waals surface area contributed by atoms with E-state index in [4.69, 9.17) is 11.6 Å². The number of hydrogen-bond acceptors (Lipinski definition) is 3. The van der Waals surface area contributed by atoms with Gasteiger partial charge in [0.1, 0.15) is 0 Å². The molecule has 4 nitrogen and oxygen atoms in total. The average Bonchev–Trinajstić information content (AvgIpc) is 3.10. The van der Waals surface area contributed by atoms with Crippen LogP contribution >= 0.6 is 11.6 Å². The van der Waals surface area contributed by atoms with E-state index in [1.54, 1.807) is 12.1 Å². The molecule has 0 aromatic heterocycles. The van der Waals surface area contributed by atoms with Crippen LogP contribution in [-0.2, 0) is 6.54 Å². The fraction of sp³-hybridized carbons (Fsp3) is 0.538. The summed E-state index contributed by atoms with van der Waals surface area (Å²) in [4.78, 5) is 10.5. The minimum absolute atomic E-state index is 0.130. The summed E-state index contributed by atoms with van der Waals surface area (Å²) in [5, 5.41) is 14.8. The predicted molar refractivity (Wildman–Crippen MR) is 71.7 cm³/mol. The van der Waals surface area contributed by atoms with E-state index < -0.39 is 0 Å². The number of nitrogens with one attached hydrogen (secondary N) is 1. The second kappa shape index (κ2) is 5.67. The number of benzene rings is 1. The lowest BCUT2D eigenvalue weighted by Gasteiger charge is -2.13. The van der Waals surface area contributed by atoms with Crippen LogP contribution in [0.3, 0.4) is 0 Å². The van der Waals surface area contributed by atoms with Gasteiger partial charge in [-0.25, -0.2) is 0 Å². The first-order valence-corrected chi connectivity index (χ1v) is 6.60. The molecule has 5 heteroatoms. The average molecular weight is 269 g/mol. The molecule has 0 bridgehead atoms. The molecule has 1 fully saturated rings. The molecule has 1 unspecified atom stereocenters. The maximum Gasteiger partial charge on any atom is 0.273 e. The normalized spacial score (nSPS) is 16.6. The van der Waals surface area contributed by atoms with E-state index in [0.29, 0.717) is 23.2 Å². The van der Waals surface area contributed by atoms with Gasteiger partial charge in [-0.2, -0.15) is 0 Å². The van der Waals surface area contributed by atoms with Crippen molar-refractivity contribution in [2.45, 2.75) is 38.8 Å². The summed E-state index contributed by atoms with van der Waals surface area (Å²) in [7, 11) is 0. The van der Waals surface area contributed by atoms with Crippen molar-refractivity contribution >= 4 is 17.3 Å². The van der Waals surface area contributed by atoms with Crippen molar-refractivity contribution in [1.82, 2.24) is 5.32 Å². The summed E-state index contributed by atoms with van der Waals surface area (Å²) in [5.41, 5.74) is 0.778. The highest BCUT2D eigenvalue weighted by Gasteiger charge is 2.23. The first kappa shape index (κ1) is 13.3. The highest BCUT2D eigenvalue weighted by atomic mass is 35.5. The first-order valence-electron chi connectivity index (χ1n) is 6.22. The molecule has 1 saturated carbocycles. The smallest absolute Gasteiger partial charge is 0.273 e. The molecule has 0 heterocycles. The maximum atomic E-state index is 10.9. The third-order valence-corrected chi connectivity index (χ3v) is 3.50. The van der Waals surface area contributed by atoms with Crippen LogP contribution in [0.5, 0.6) is 0 Å². The largest absolute Gasteiger partial charge is 0.310 e. The number of nitro benzene ring substituents is 1. The fourth-order valence-electron chi connectivity index (χ4n) is 2.09. The van der Waals surface area contributed by atoms with E-state index in [9.17, 15) is 10.1 Å². The predicted octanol–water partition coefficient (Wildman–Crippen LogP) is 3.53. The lowest BCUT2D eigenvalue weighted by Crippen LogP contribution is -2.26. The van der Waals surface area contributed by atoms with Gasteiger partial charge in [0, 0.05) is 29.2 Å². The second-order valence-electron chi connectivity index (χ2n) is 4.99. The van der Waals surface area contributed by atoms with Gasteiger partial charge in [-0.3, -0.25) is 10.1 Å². The summed E-state index contributed by atoms with van der Waals surface area (Å²) >= 11 is 5.88. The molecule has 2 rings (SSSR count). The van der Waals surface area contributed by atoms with Gasteiger partial charge in [0.2, 0.25) is 0 Å². The van der Waals surface area contributed by atoms with Crippen LogP contribution in [-0.4, -0.2) is 11.0 Å². The summed E-state index contributed by atoms with van der Waals surface area (Å²) in [6.45, 7) is 2.61. The summed E-state index contributed by atoms with van der Waals surface area (Å²) < 4.78 is 0. The molecule has 1 aliphatic carbocycles. The molecule has 1 aliphatic rings. The van der Waals surface area contributed by atoms with Crippen LogP contribution in [0.25, 0.3) is 0 Å². The zero-order chi connectivity index (χ0) is 13.1. The van der Waals surface area contributed by atoms with Crippen molar-refractivity contribution in [1.29, 1.82) is 0 Å². The van der Waals surface area contributed by atoms with Gasteiger partial charge in [0.15, 0.2) is 0 Å². The molecule has 0 amide bonds. The number of halogens is 1. The maximum absolute atomic E-state index is 10.9. The number of nitrogens with zero attached hydrogens (tertiary/aromatic N) is 1. The molecule has 1 N–H and O–H groups in total. The monoisotopic (exact) mass is 268 g/mol. The lowest BCUT2D eigenvalue weighted by atomic mass is 10.1. The SMILES string of the molecule is CC(CC1CC1)NCc1cc(Cl)ccc1[N+](=O)[O-]. The van der Waals surface area contributed by atoms with Crippen LogP contribution < -0.4 is 5.32 Å². The highest BCUT2D eigenvalue weighted by Crippen LogP contribution is 2.33. The molecule has 1 aromatic rings. The Balaban J connectivity index is 1.98. The Morgan fingerprint density at radius 3 is 2.89 bits per heavy atom. The van der Waals surface area contributed by atoms with Crippen molar-refractivity contribution in [3.05, 3.63) is 38.9 Å². The van der Waals surface area contributed by atoms with E-state index in [-0.39, 0.29) is 10.6 Å². The van der Waals surface area contributed by atoms with Crippen molar-refractivity contribution in [3.63, 3.8) is 0 Å². The topological polar surface area (TPSA) is 55.2 Å². The second-order valence-corrected chi connectivity index (χ2v) is 5.43. The third-order valence-electron chi connectivity index (χ3n) is 3.26. The van der Waals surface area contributed by atoms with E-state index in [1.807, 2.05) is 0 Å². The minimum atomic E-state index is -0.362. The Kier molecular flexibility index (Phi) is 4.19. The highest BCUT2D eigenvalue weighted by molar-refractivity contribution is 6.30. The lowest BCUT2D eigenvalue weighted by molar-refractivity contribution is -0.385. The Morgan fingerprint density at radius 2 is 2.28 bits per heavy atom. The minimum Gasteiger partial charge on any atom is -0.310 e. The number of nitro groups is 1. The van der Waals surface area contributed by atoms with Crippen LogP contribution in [0, 0.1) is 16.0 Å². The molecule has 0 saturated heterocycles. The molecule has 0 aliphatic heterocycles. The summed E-state index contributed by atoms with van der Waals surface area (Å²) in [6, 6.07) is 5.06. The standard InChI is InChI=1S/C13H17ClN2O2/c1-9(6-10-2-3-10)15-8-11-7-12(14)4-5-13(11)16(17)18/h4-5,7,9-10,15H,2-3,6,8H2,1H3. The Hall–Kier alpha value is -1.13. The molecule has 0 spiro atoms.